The maximum Gasteiger partial charge on any atom is 0.410 e. The molecule has 0 spiro atoms. The number of rotatable bonds is 4. The van der Waals surface area contributed by atoms with Crippen molar-refractivity contribution < 1.29 is 19.4 Å². The number of amides is 1. The van der Waals surface area contributed by atoms with Crippen molar-refractivity contribution in [3.63, 3.8) is 0 Å². The van der Waals surface area contributed by atoms with Crippen LogP contribution in [0, 0.1) is 11.3 Å². The fraction of sp³-hybridized carbons (Fsp3) is 0.812. The molecule has 4 N–H and O–H groups in total. The number of carboxylic acids is 1. The van der Waals surface area contributed by atoms with E-state index in [2.05, 4.69) is 0 Å². The molecule has 7 nitrogen and oxygen atoms in total. The highest BCUT2D eigenvalue weighted by Crippen LogP contribution is 2.23. The fourth-order valence-corrected chi connectivity index (χ4v) is 2.31. The normalized spacial score (nSPS) is 15.4. The number of likely N-dealkylation sites (tertiary alicyclic amines) is 1. The third-order valence-electron chi connectivity index (χ3n) is 3.32. The molecule has 0 unspecified atom stereocenters. The van der Waals surface area contributed by atoms with Crippen LogP contribution in [-0.4, -0.2) is 46.6 Å². The summed E-state index contributed by atoms with van der Waals surface area (Å²) in [6, 6.07) is 0. The first-order valence-corrected chi connectivity index (χ1v) is 8.01. The van der Waals surface area contributed by atoms with E-state index >= 15 is 0 Å². The summed E-state index contributed by atoms with van der Waals surface area (Å²) in [6.45, 7) is 8.30. The SMILES string of the molecule is CC(=O)O.CC(C)(C)OC(=O)N1CCC(CCCC(=N)N)CC1. The van der Waals surface area contributed by atoms with Gasteiger partial charge in [0.25, 0.3) is 5.97 Å². The second-order valence-electron chi connectivity index (χ2n) is 6.85. The van der Waals surface area contributed by atoms with Crippen molar-refractivity contribution in [1.82, 2.24) is 4.90 Å². The molecule has 0 aliphatic carbocycles. The maximum atomic E-state index is 11.9. The number of carbonyl (C=O) groups excluding carboxylic acids is 1. The third kappa shape index (κ3) is 12.4. The van der Waals surface area contributed by atoms with Gasteiger partial charge in [0.05, 0.1) is 5.84 Å². The number of nitrogens with two attached hydrogens (primary N) is 1. The number of carboxylic acid groups (broad SMARTS) is 1. The van der Waals surface area contributed by atoms with Crippen LogP contribution in [0.15, 0.2) is 0 Å². The monoisotopic (exact) mass is 329 g/mol. The summed E-state index contributed by atoms with van der Waals surface area (Å²) < 4.78 is 5.37. The number of carbonyl (C=O) groups is 2. The number of hydrogen-bond donors (Lipinski definition) is 3. The smallest absolute Gasteiger partial charge is 0.410 e. The van der Waals surface area contributed by atoms with E-state index in [1.807, 2.05) is 20.8 Å². The lowest BCUT2D eigenvalue weighted by Gasteiger charge is -2.33. The molecular formula is C16H31N3O4. The number of nitrogens with zero attached hydrogens (tertiary/aromatic N) is 1. The van der Waals surface area contributed by atoms with E-state index in [1.165, 1.54) is 0 Å². The number of aliphatic carboxylic acids is 1. The molecule has 0 bridgehead atoms. The lowest BCUT2D eigenvalue weighted by molar-refractivity contribution is -0.134. The van der Waals surface area contributed by atoms with Gasteiger partial charge in [0.1, 0.15) is 5.60 Å². The number of hydrogen-bond acceptors (Lipinski definition) is 4. The lowest BCUT2D eigenvalue weighted by Crippen LogP contribution is -2.41. The van der Waals surface area contributed by atoms with Crippen LogP contribution in [-0.2, 0) is 9.53 Å². The zero-order chi connectivity index (χ0) is 18.0. The molecular weight excluding hydrogens is 298 g/mol. The Morgan fingerprint density at radius 2 is 1.78 bits per heavy atom. The van der Waals surface area contributed by atoms with Crippen LogP contribution in [0.25, 0.3) is 0 Å². The molecule has 0 aromatic carbocycles. The van der Waals surface area contributed by atoms with Gasteiger partial charge < -0.3 is 20.5 Å². The predicted octanol–water partition coefficient (Wildman–Crippen LogP) is 2.83. The Labute approximate surface area is 138 Å². The number of piperidine rings is 1. The van der Waals surface area contributed by atoms with Crippen molar-refractivity contribution in [2.75, 3.05) is 13.1 Å². The number of ether oxygens (including phenoxy) is 1. The van der Waals surface area contributed by atoms with E-state index < -0.39 is 11.6 Å². The molecule has 1 aliphatic rings. The fourth-order valence-electron chi connectivity index (χ4n) is 2.31. The second-order valence-corrected chi connectivity index (χ2v) is 6.85. The molecule has 1 rings (SSSR count). The molecule has 1 amide bonds. The molecule has 1 fully saturated rings. The van der Waals surface area contributed by atoms with Crippen molar-refractivity contribution in [3.05, 3.63) is 0 Å². The minimum Gasteiger partial charge on any atom is -0.481 e. The quantitative estimate of drug-likeness (QED) is 0.541. The van der Waals surface area contributed by atoms with E-state index in [0.29, 0.717) is 12.3 Å². The second kappa shape index (κ2) is 10.1. The van der Waals surface area contributed by atoms with Gasteiger partial charge in [-0.15, -0.1) is 0 Å². The van der Waals surface area contributed by atoms with Crippen LogP contribution in [0.3, 0.4) is 0 Å². The van der Waals surface area contributed by atoms with Crippen LogP contribution < -0.4 is 5.73 Å². The molecule has 0 aromatic rings. The van der Waals surface area contributed by atoms with Crippen LogP contribution in [0.5, 0.6) is 0 Å². The Hall–Kier alpha value is -1.79. The van der Waals surface area contributed by atoms with Crippen LogP contribution in [0.4, 0.5) is 4.79 Å². The number of amidine groups is 1. The highest BCUT2D eigenvalue weighted by Gasteiger charge is 2.26. The molecule has 0 radical (unpaired) electrons. The first-order valence-electron chi connectivity index (χ1n) is 8.01. The van der Waals surface area contributed by atoms with Gasteiger partial charge in [0, 0.05) is 26.4 Å². The van der Waals surface area contributed by atoms with Crippen molar-refractivity contribution in [1.29, 1.82) is 5.41 Å². The van der Waals surface area contributed by atoms with Gasteiger partial charge in [0.2, 0.25) is 0 Å². The van der Waals surface area contributed by atoms with E-state index in [1.54, 1.807) is 4.90 Å². The topological polar surface area (TPSA) is 117 Å². The Kier molecular flexibility index (Phi) is 9.29. The van der Waals surface area contributed by atoms with Gasteiger partial charge in [-0.1, -0.05) is 0 Å². The van der Waals surface area contributed by atoms with Crippen LogP contribution >= 0.6 is 0 Å². The van der Waals surface area contributed by atoms with Crippen molar-refractivity contribution in [2.24, 2.45) is 11.7 Å². The maximum absolute atomic E-state index is 11.9. The van der Waals surface area contributed by atoms with Crippen LogP contribution in [0.2, 0.25) is 0 Å². The van der Waals surface area contributed by atoms with E-state index in [9.17, 15) is 4.79 Å². The standard InChI is InChI=1S/C14H27N3O2.C2H4O2/c1-14(2,3)19-13(18)17-9-7-11(8-10-17)5-4-6-12(15)16;1-2(3)4/h11H,4-10H2,1-3H3,(H3,15,16);1H3,(H,3,4). The minimum atomic E-state index is -0.833. The Morgan fingerprint density at radius 3 is 2.17 bits per heavy atom. The molecule has 1 heterocycles. The van der Waals surface area contributed by atoms with Gasteiger partial charge in [-0.2, -0.15) is 0 Å². The highest BCUT2D eigenvalue weighted by atomic mass is 16.6. The summed E-state index contributed by atoms with van der Waals surface area (Å²) in [5.41, 5.74) is 4.92. The molecule has 23 heavy (non-hydrogen) atoms. The van der Waals surface area contributed by atoms with E-state index in [-0.39, 0.29) is 11.9 Å². The lowest BCUT2D eigenvalue weighted by atomic mass is 9.91. The van der Waals surface area contributed by atoms with E-state index in [0.717, 1.165) is 45.7 Å². The van der Waals surface area contributed by atoms with Gasteiger partial charge >= 0.3 is 6.09 Å². The van der Waals surface area contributed by atoms with Gasteiger partial charge in [-0.25, -0.2) is 4.79 Å². The van der Waals surface area contributed by atoms with Crippen molar-refractivity contribution >= 4 is 17.9 Å². The molecule has 1 aliphatic heterocycles. The van der Waals surface area contributed by atoms with Crippen LogP contribution in [0.1, 0.15) is 59.8 Å². The molecule has 0 aromatic heterocycles. The molecule has 0 saturated carbocycles. The summed E-state index contributed by atoms with van der Waals surface area (Å²) >= 11 is 0. The summed E-state index contributed by atoms with van der Waals surface area (Å²) in [6.07, 6.45) is 4.61. The predicted molar refractivity (Wildman–Crippen MR) is 89.6 cm³/mol. The summed E-state index contributed by atoms with van der Waals surface area (Å²) in [4.78, 5) is 22.7. The summed E-state index contributed by atoms with van der Waals surface area (Å²) in [7, 11) is 0. The first kappa shape index (κ1) is 21.2. The zero-order valence-electron chi connectivity index (χ0n) is 14.7. The Bertz CT molecular complexity index is 393. The van der Waals surface area contributed by atoms with Gasteiger partial charge in [-0.05, 0) is 52.4 Å². The summed E-state index contributed by atoms with van der Waals surface area (Å²) in [5.74, 6) is 0.0872. The Balaban J connectivity index is 0.00000108. The Morgan fingerprint density at radius 1 is 1.30 bits per heavy atom. The average molecular weight is 329 g/mol. The van der Waals surface area contributed by atoms with Gasteiger partial charge in [0.15, 0.2) is 0 Å². The average Bonchev–Trinajstić information content (AvgIpc) is 2.36. The largest absolute Gasteiger partial charge is 0.481 e. The molecule has 1 saturated heterocycles. The highest BCUT2D eigenvalue weighted by molar-refractivity contribution is 5.76. The number of nitrogens with one attached hydrogen (secondary N) is 1. The van der Waals surface area contributed by atoms with E-state index in [4.69, 9.17) is 25.8 Å². The molecule has 134 valence electrons. The molecule has 0 atom stereocenters. The zero-order valence-corrected chi connectivity index (χ0v) is 14.7. The molecule has 7 heteroatoms. The third-order valence-corrected chi connectivity index (χ3v) is 3.32. The van der Waals surface area contributed by atoms with Crippen molar-refractivity contribution in [2.45, 2.75) is 65.4 Å². The first-order chi connectivity index (χ1) is 10.5. The minimum absolute atomic E-state index is 0.199. The summed E-state index contributed by atoms with van der Waals surface area (Å²) in [5, 5.41) is 14.6. The van der Waals surface area contributed by atoms with Crippen molar-refractivity contribution in [3.8, 4) is 0 Å². The van der Waals surface area contributed by atoms with Gasteiger partial charge in [-0.3, -0.25) is 10.2 Å².